The SMILES string of the molecule is CC(C)n1cc(S(=O)(=O)N[C@@H](C)C#N)cn1. The van der Waals surface area contributed by atoms with E-state index >= 15 is 0 Å². The second-order valence-corrected chi connectivity index (χ2v) is 5.44. The number of aromatic nitrogens is 2. The Kier molecular flexibility index (Phi) is 3.67. The molecule has 16 heavy (non-hydrogen) atoms. The van der Waals surface area contributed by atoms with E-state index in [1.54, 1.807) is 10.8 Å². The van der Waals surface area contributed by atoms with Gasteiger partial charge >= 0.3 is 0 Å². The molecule has 1 aromatic heterocycles. The molecule has 0 spiro atoms. The van der Waals surface area contributed by atoms with E-state index in [2.05, 4.69) is 9.82 Å². The van der Waals surface area contributed by atoms with Gasteiger partial charge in [0.25, 0.3) is 0 Å². The van der Waals surface area contributed by atoms with E-state index in [0.29, 0.717) is 0 Å². The molecule has 88 valence electrons. The minimum atomic E-state index is -3.64. The van der Waals surface area contributed by atoms with Crippen LogP contribution >= 0.6 is 0 Å². The van der Waals surface area contributed by atoms with Gasteiger partial charge in [0.05, 0.1) is 12.3 Å². The van der Waals surface area contributed by atoms with Gasteiger partial charge in [-0.05, 0) is 20.8 Å². The summed E-state index contributed by atoms with van der Waals surface area (Å²) < 4.78 is 27.2. The fourth-order valence-corrected chi connectivity index (χ4v) is 2.16. The Morgan fingerprint density at radius 2 is 2.12 bits per heavy atom. The Morgan fingerprint density at radius 3 is 2.56 bits per heavy atom. The lowest BCUT2D eigenvalue weighted by Crippen LogP contribution is -2.31. The van der Waals surface area contributed by atoms with Crippen LogP contribution in [0.5, 0.6) is 0 Å². The highest BCUT2D eigenvalue weighted by atomic mass is 32.2. The van der Waals surface area contributed by atoms with Gasteiger partial charge in [-0.2, -0.15) is 15.1 Å². The van der Waals surface area contributed by atoms with E-state index in [-0.39, 0.29) is 10.9 Å². The van der Waals surface area contributed by atoms with Crippen molar-refractivity contribution in [2.45, 2.75) is 37.8 Å². The van der Waals surface area contributed by atoms with Crippen LogP contribution in [0.15, 0.2) is 17.3 Å². The maximum Gasteiger partial charge on any atom is 0.244 e. The first-order valence-corrected chi connectivity index (χ1v) is 6.31. The van der Waals surface area contributed by atoms with Crippen molar-refractivity contribution in [3.8, 4) is 6.07 Å². The minimum Gasteiger partial charge on any atom is -0.269 e. The average molecular weight is 242 g/mol. The Bertz CT molecular complexity index is 498. The molecule has 0 unspecified atom stereocenters. The summed E-state index contributed by atoms with van der Waals surface area (Å²) in [5, 5.41) is 12.5. The van der Waals surface area contributed by atoms with Gasteiger partial charge in [-0.1, -0.05) is 0 Å². The molecule has 0 aromatic carbocycles. The average Bonchev–Trinajstić information content (AvgIpc) is 2.66. The quantitative estimate of drug-likeness (QED) is 0.839. The Morgan fingerprint density at radius 1 is 1.50 bits per heavy atom. The number of sulfonamides is 1. The van der Waals surface area contributed by atoms with E-state index in [1.165, 1.54) is 19.3 Å². The largest absolute Gasteiger partial charge is 0.269 e. The molecule has 0 bridgehead atoms. The van der Waals surface area contributed by atoms with Crippen LogP contribution in [0, 0.1) is 11.3 Å². The van der Waals surface area contributed by atoms with Crippen LogP contribution in [-0.2, 0) is 10.0 Å². The number of nitrogens with zero attached hydrogens (tertiary/aromatic N) is 3. The Balaban J connectivity index is 2.96. The number of nitriles is 1. The van der Waals surface area contributed by atoms with Crippen LogP contribution < -0.4 is 4.72 Å². The Hall–Kier alpha value is -1.39. The number of hydrogen-bond donors (Lipinski definition) is 1. The maximum atomic E-state index is 11.7. The minimum absolute atomic E-state index is 0.0725. The predicted octanol–water partition coefficient (Wildman–Crippen LogP) is 0.654. The molecule has 1 atom stereocenters. The van der Waals surface area contributed by atoms with Crippen LogP contribution in [0.25, 0.3) is 0 Å². The van der Waals surface area contributed by atoms with Crippen molar-refractivity contribution in [3.63, 3.8) is 0 Å². The van der Waals surface area contributed by atoms with Crippen LogP contribution in [0.3, 0.4) is 0 Å². The van der Waals surface area contributed by atoms with E-state index in [0.717, 1.165) is 0 Å². The highest BCUT2D eigenvalue weighted by molar-refractivity contribution is 7.89. The molecule has 7 heteroatoms. The molecule has 0 amide bonds. The van der Waals surface area contributed by atoms with Crippen molar-refractivity contribution in [1.82, 2.24) is 14.5 Å². The summed E-state index contributed by atoms with van der Waals surface area (Å²) >= 11 is 0. The van der Waals surface area contributed by atoms with Crippen molar-refractivity contribution in [2.75, 3.05) is 0 Å². The molecule has 1 N–H and O–H groups in total. The van der Waals surface area contributed by atoms with E-state index < -0.39 is 16.1 Å². The third-order valence-electron chi connectivity index (χ3n) is 1.94. The third kappa shape index (κ3) is 2.81. The van der Waals surface area contributed by atoms with Gasteiger partial charge in [-0.15, -0.1) is 0 Å². The highest BCUT2D eigenvalue weighted by Gasteiger charge is 2.19. The van der Waals surface area contributed by atoms with Gasteiger partial charge < -0.3 is 0 Å². The van der Waals surface area contributed by atoms with Gasteiger partial charge in [0, 0.05) is 12.2 Å². The number of nitrogens with one attached hydrogen (secondary N) is 1. The summed E-state index contributed by atoms with van der Waals surface area (Å²) in [6.45, 7) is 5.27. The topological polar surface area (TPSA) is 87.8 Å². The second-order valence-electron chi connectivity index (χ2n) is 3.72. The number of hydrogen-bond acceptors (Lipinski definition) is 4. The van der Waals surface area contributed by atoms with Crippen molar-refractivity contribution in [2.24, 2.45) is 0 Å². The van der Waals surface area contributed by atoms with Gasteiger partial charge in [-0.3, -0.25) is 4.68 Å². The normalized spacial score (nSPS) is 13.7. The van der Waals surface area contributed by atoms with Gasteiger partial charge in [0.15, 0.2) is 0 Å². The van der Waals surface area contributed by atoms with Crippen molar-refractivity contribution >= 4 is 10.0 Å². The molecule has 0 fully saturated rings. The van der Waals surface area contributed by atoms with Gasteiger partial charge in [0.2, 0.25) is 10.0 Å². The summed E-state index contributed by atoms with van der Waals surface area (Å²) in [5.74, 6) is 0. The first kappa shape index (κ1) is 12.7. The van der Waals surface area contributed by atoms with E-state index in [4.69, 9.17) is 5.26 Å². The molecule has 1 aromatic rings. The van der Waals surface area contributed by atoms with E-state index in [9.17, 15) is 8.42 Å². The molecule has 6 nitrogen and oxygen atoms in total. The lowest BCUT2D eigenvalue weighted by Gasteiger charge is -2.06. The molecular formula is C9H14N4O2S. The lowest BCUT2D eigenvalue weighted by molar-refractivity contribution is 0.531. The van der Waals surface area contributed by atoms with Crippen molar-refractivity contribution < 1.29 is 8.42 Å². The number of rotatable bonds is 4. The second kappa shape index (κ2) is 4.63. The van der Waals surface area contributed by atoms with Crippen LogP contribution in [-0.4, -0.2) is 24.2 Å². The summed E-state index contributed by atoms with van der Waals surface area (Å²) in [5.41, 5.74) is 0. The van der Waals surface area contributed by atoms with Crippen molar-refractivity contribution in [3.05, 3.63) is 12.4 Å². The van der Waals surface area contributed by atoms with Gasteiger partial charge in [0.1, 0.15) is 10.9 Å². The molecule has 0 saturated heterocycles. The first-order valence-electron chi connectivity index (χ1n) is 4.83. The molecule has 0 aliphatic carbocycles. The monoisotopic (exact) mass is 242 g/mol. The van der Waals surface area contributed by atoms with Crippen LogP contribution in [0.4, 0.5) is 0 Å². The molecule has 1 rings (SSSR count). The molecule has 0 aliphatic heterocycles. The Labute approximate surface area is 94.9 Å². The van der Waals surface area contributed by atoms with Crippen LogP contribution in [0.2, 0.25) is 0 Å². The predicted molar refractivity (Wildman–Crippen MR) is 58.0 cm³/mol. The zero-order valence-electron chi connectivity index (χ0n) is 9.38. The fraction of sp³-hybridized carbons (Fsp3) is 0.556. The summed E-state index contributed by atoms with van der Waals surface area (Å²) in [7, 11) is -3.64. The first-order chi connectivity index (χ1) is 7.36. The molecule has 0 aliphatic rings. The molecule has 0 radical (unpaired) electrons. The smallest absolute Gasteiger partial charge is 0.244 e. The standard InChI is InChI=1S/C9H14N4O2S/c1-7(2)13-6-9(5-11-13)16(14,15)12-8(3)4-10/h5-8,12H,1-3H3/t8-/m0/s1. The zero-order chi connectivity index (χ0) is 12.3. The van der Waals surface area contributed by atoms with Gasteiger partial charge in [-0.25, -0.2) is 8.42 Å². The molecule has 0 saturated carbocycles. The summed E-state index contributed by atoms with van der Waals surface area (Å²) in [6, 6.07) is 1.14. The fourth-order valence-electron chi connectivity index (χ4n) is 1.07. The molecule has 1 heterocycles. The van der Waals surface area contributed by atoms with E-state index in [1.807, 2.05) is 13.8 Å². The summed E-state index contributed by atoms with van der Waals surface area (Å²) in [6.07, 6.45) is 2.71. The van der Waals surface area contributed by atoms with Crippen LogP contribution in [0.1, 0.15) is 26.8 Å². The van der Waals surface area contributed by atoms with Crippen molar-refractivity contribution in [1.29, 1.82) is 5.26 Å². The zero-order valence-corrected chi connectivity index (χ0v) is 10.2. The lowest BCUT2D eigenvalue weighted by atomic mass is 10.4. The maximum absolute atomic E-state index is 11.7. The third-order valence-corrected chi connectivity index (χ3v) is 3.44. The molecular weight excluding hydrogens is 228 g/mol. The highest BCUT2D eigenvalue weighted by Crippen LogP contribution is 2.11. The summed E-state index contributed by atoms with van der Waals surface area (Å²) in [4.78, 5) is 0.0725.